The molecule has 1 fully saturated rings. The van der Waals surface area contributed by atoms with E-state index in [1.165, 1.54) is 0 Å². The highest BCUT2D eigenvalue weighted by Gasteiger charge is 2.36. The van der Waals surface area contributed by atoms with Gasteiger partial charge in [-0.1, -0.05) is 44.2 Å². The molecule has 3 rings (SSSR count). The number of allylic oxidation sites excluding steroid dienone is 3. The lowest BCUT2D eigenvalue weighted by Crippen LogP contribution is -2.50. The summed E-state index contributed by atoms with van der Waals surface area (Å²) in [6.45, 7) is 9.85. The average Bonchev–Trinajstić information content (AvgIpc) is 2.92. The maximum atomic E-state index is 12.9. The molecule has 9 heteroatoms. The quantitative estimate of drug-likeness (QED) is 0.294. The van der Waals surface area contributed by atoms with Gasteiger partial charge in [0.15, 0.2) is 6.10 Å². The third-order valence-corrected chi connectivity index (χ3v) is 7.29. The fourth-order valence-corrected chi connectivity index (χ4v) is 4.69. The topological polar surface area (TPSA) is 121 Å². The van der Waals surface area contributed by atoms with E-state index in [9.17, 15) is 19.8 Å². The zero-order chi connectivity index (χ0) is 28.4. The summed E-state index contributed by atoms with van der Waals surface area (Å²) >= 11 is 0. The van der Waals surface area contributed by atoms with E-state index in [0.29, 0.717) is 26.2 Å². The number of carbonyl (C=O) groups is 2. The lowest BCUT2D eigenvalue weighted by Gasteiger charge is -2.35. The van der Waals surface area contributed by atoms with Gasteiger partial charge in [0.05, 0.1) is 12.5 Å². The minimum absolute atomic E-state index is 0.106. The summed E-state index contributed by atoms with van der Waals surface area (Å²) in [5.41, 5.74) is 0.336. The van der Waals surface area contributed by atoms with Crippen LogP contribution in [0.2, 0.25) is 0 Å². The van der Waals surface area contributed by atoms with Crippen LogP contribution in [0.3, 0.4) is 0 Å². The smallest absolute Gasteiger partial charge is 0.410 e. The maximum Gasteiger partial charge on any atom is 0.410 e. The average molecular weight is 542 g/mol. The molecule has 0 spiro atoms. The number of pyridine rings is 1. The fourth-order valence-electron chi connectivity index (χ4n) is 4.69. The standard InChI is InChI=1S/C30H43N3O6/c1-21(25-10-5-6-15-32-25)8-7-9-22(2)28-23(3)11-12-26(38-29(36)33-18-16-31-17-19-33)30(4,37)14-13-24(34)20-27(35)39-28/h5-12,15,21,23-24,26,28,31,34,37H,13-14,16-20H2,1-4H3/b8-7+,12-11+,22-9+/t21-,23-,24-,26-,28+,30-/m0/s1. The van der Waals surface area contributed by atoms with Crippen molar-refractivity contribution in [3.05, 3.63) is 66.0 Å². The molecule has 6 atom stereocenters. The number of aliphatic hydroxyl groups is 2. The van der Waals surface area contributed by atoms with Crippen molar-refractivity contribution in [2.75, 3.05) is 26.2 Å². The minimum atomic E-state index is -1.44. The number of cyclic esters (lactones) is 1. The van der Waals surface area contributed by atoms with Crippen molar-refractivity contribution in [3.8, 4) is 0 Å². The molecule has 0 bridgehead atoms. The van der Waals surface area contributed by atoms with Crippen LogP contribution in [-0.4, -0.2) is 82.3 Å². The third-order valence-electron chi connectivity index (χ3n) is 7.29. The van der Waals surface area contributed by atoms with E-state index in [4.69, 9.17) is 9.47 Å². The third kappa shape index (κ3) is 9.30. The molecule has 214 valence electrons. The molecule has 3 N–H and O–H groups in total. The second kappa shape index (κ2) is 14.4. The van der Waals surface area contributed by atoms with E-state index in [0.717, 1.165) is 11.3 Å². The number of hydrogen-bond donors (Lipinski definition) is 3. The van der Waals surface area contributed by atoms with Gasteiger partial charge in [-0.05, 0) is 50.5 Å². The highest BCUT2D eigenvalue weighted by atomic mass is 16.6. The number of aliphatic hydroxyl groups excluding tert-OH is 1. The number of carbonyl (C=O) groups excluding carboxylic acids is 2. The number of amides is 1. The van der Waals surface area contributed by atoms with Gasteiger partial charge in [0, 0.05) is 49.9 Å². The van der Waals surface area contributed by atoms with Crippen molar-refractivity contribution in [3.63, 3.8) is 0 Å². The van der Waals surface area contributed by atoms with Crippen molar-refractivity contribution in [2.24, 2.45) is 5.92 Å². The molecule has 3 heterocycles. The molecule has 2 aliphatic heterocycles. The van der Waals surface area contributed by atoms with Gasteiger partial charge in [-0.3, -0.25) is 9.78 Å². The molecule has 1 saturated heterocycles. The molecular weight excluding hydrogens is 498 g/mol. The van der Waals surface area contributed by atoms with E-state index < -0.39 is 36.0 Å². The van der Waals surface area contributed by atoms with Gasteiger partial charge in [0.25, 0.3) is 0 Å². The van der Waals surface area contributed by atoms with E-state index in [-0.39, 0.29) is 31.1 Å². The lowest BCUT2D eigenvalue weighted by atomic mass is 9.88. The van der Waals surface area contributed by atoms with Crippen LogP contribution < -0.4 is 5.32 Å². The Bertz CT molecular complexity index is 1030. The Morgan fingerprint density at radius 3 is 2.74 bits per heavy atom. The fraction of sp³-hybridized carbons (Fsp3) is 0.567. The Morgan fingerprint density at radius 1 is 1.31 bits per heavy atom. The van der Waals surface area contributed by atoms with Crippen molar-refractivity contribution in [1.82, 2.24) is 15.2 Å². The Balaban J connectivity index is 1.81. The molecule has 0 saturated carbocycles. The van der Waals surface area contributed by atoms with Gasteiger partial charge >= 0.3 is 12.1 Å². The maximum absolute atomic E-state index is 12.9. The minimum Gasteiger partial charge on any atom is -0.457 e. The second-order valence-electron chi connectivity index (χ2n) is 10.8. The molecular formula is C30H43N3O6. The summed E-state index contributed by atoms with van der Waals surface area (Å²) in [6.07, 6.45) is 8.19. The number of nitrogens with one attached hydrogen (secondary N) is 1. The summed E-state index contributed by atoms with van der Waals surface area (Å²) in [5, 5.41) is 24.9. The first kappa shape index (κ1) is 30.5. The van der Waals surface area contributed by atoms with Crippen LogP contribution in [0.15, 0.2) is 60.3 Å². The first-order valence-corrected chi connectivity index (χ1v) is 13.8. The number of piperazine rings is 1. The Morgan fingerprint density at radius 2 is 2.05 bits per heavy atom. The molecule has 1 aromatic heterocycles. The summed E-state index contributed by atoms with van der Waals surface area (Å²) < 4.78 is 11.6. The molecule has 1 amide bonds. The number of rotatable bonds is 5. The number of ether oxygens (including phenoxy) is 2. The molecule has 0 radical (unpaired) electrons. The number of esters is 1. The number of nitrogens with zero attached hydrogens (tertiary/aromatic N) is 2. The number of aromatic nitrogens is 1. The normalized spacial score (nSPS) is 31.1. The molecule has 0 aromatic carbocycles. The van der Waals surface area contributed by atoms with E-state index in [1.54, 1.807) is 24.1 Å². The van der Waals surface area contributed by atoms with Crippen molar-refractivity contribution >= 4 is 12.1 Å². The van der Waals surface area contributed by atoms with E-state index in [2.05, 4.69) is 17.2 Å². The molecule has 39 heavy (non-hydrogen) atoms. The van der Waals surface area contributed by atoms with Crippen LogP contribution in [-0.2, 0) is 14.3 Å². The van der Waals surface area contributed by atoms with Crippen molar-refractivity contribution in [2.45, 2.75) is 76.8 Å². The van der Waals surface area contributed by atoms with Crippen LogP contribution in [0.5, 0.6) is 0 Å². The van der Waals surface area contributed by atoms with Gasteiger partial charge in [-0.2, -0.15) is 0 Å². The van der Waals surface area contributed by atoms with Crippen LogP contribution in [0.4, 0.5) is 4.79 Å². The van der Waals surface area contributed by atoms with Crippen LogP contribution >= 0.6 is 0 Å². The molecule has 9 nitrogen and oxygen atoms in total. The van der Waals surface area contributed by atoms with Gasteiger partial charge in [-0.15, -0.1) is 0 Å². The summed E-state index contributed by atoms with van der Waals surface area (Å²) in [4.78, 5) is 31.5. The van der Waals surface area contributed by atoms with Gasteiger partial charge in [0.1, 0.15) is 11.7 Å². The van der Waals surface area contributed by atoms with Crippen molar-refractivity contribution < 1.29 is 29.3 Å². The summed E-state index contributed by atoms with van der Waals surface area (Å²) in [6, 6.07) is 5.80. The SMILES string of the molecule is C/C(=C\C=C\[C@H](C)c1ccccn1)[C@H]1OC(=O)C[C@@H](O)CC[C@](C)(O)[C@@H](OC(=O)N2CCNCC2)/C=C/[C@@H]1C. The monoisotopic (exact) mass is 541 g/mol. The first-order chi connectivity index (χ1) is 18.6. The predicted octanol–water partition coefficient (Wildman–Crippen LogP) is 3.50. The lowest BCUT2D eigenvalue weighted by molar-refractivity contribution is -0.151. The van der Waals surface area contributed by atoms with Gasteiger partial charge < -0.3 is 29.9 Å². The van der Waals surface area contributed by atoms with Gasteiger partial charge in [0.2, 0.25) is 0 Å². The van der Waals surface area contributed by atoms with Crippen LogP contribution in [0.1, 0.15) is 58.6 Å². The Labute approximate surface area is 231 Å². The van der Waals surface area contributed by atoms with E-state index >= 15 is 0 Å². The van der Waals surface area contributed by atoms with Gasteiger partial charge in [-0.25, -0.2) is 4.79 Å². The molecule has 0 unspecified atom stereocenters. The second-order valence-corrected chi connectivity index (χ2v) is 10.8. The summed E-state index contributed by atoms with van der Waals surface area (Å²) in [7, 11) is 0. The largest absolute Gasteiger partial charge is 0.457 e. The first-order valence-electron chi connectivity index (χ1n) is 13.8. The highest BCUT2D eigenvalue weighted by Crippen LogP contribution is 2.27. The molecule has 1 aromatic rings. The number of hydrogen-bond acceptors (Lipinski definition) is 8. The zero-order valence-electron chi connectivity index (χ0n) is 23.5. The Hall–Kier alpha value is -3.01. The van der Waals surface area contributed by atoms with Crippen LogP contribution in [0, 0.1) is 5.92 Å². The molecule has 0 aliphatic carbocycles. The summed E-state index contributed by atoms with van der Waals surface area (Å²) in [5.74, 6) is -0.692. The van der Waals surface area contributed by atoms with E-state index in [1.807, 2.05) is 56.4 Å². The molecule has 2 aliphatic rings. The van der Waals surface area contributed by atoms with Crippen LogP contribution in [0.25, 0.3) is 0 Å². The Kier molecular flexibility index (Phi) is 11.3. The zero-order valence-corrected chi connectivity index (χ0v) is 23.5. The van der Waals surface area contributed by atoms with Crippen molar-refractivity contribution in [1.29, 1.82) is 0 Å². The predicted molar refractivity (Wildman–Crippen MR) is 149 cm³/mol. The highest BCUT2D eigenvalue weighted by molar-refractivity contribution is 5.70.